The van der Waals surface area contributed by atoms with E-state index in [-0.39, 0.29) is 16.6 Å². The molecule has 0 saturated carbocycles. The fourth-order valence-corrected chi connectivity index (χ4v) is 4.43. The van der Waals surface area contributed by atoms with Gasteiger partial charge in [-0.25, -0.2) is 18.1 Å². The highest BCUT2D eigenvalue weighted by atomic mass is 35.5. The van der Waals surface area contributed by atoms with Crippen LogP contribution < -0.4 is 4.72 Å². The van der Waals surface area contributed by atoms with Crippen molar-refractivity contribution in [2.75, 3.05) is 0 Å². The number of hydrogen-bond donors (Lipinski definition) is 2. The number of hydrogen-bond acceptors (Lipinski definition) is 6. The number of furan rings is 1. The number of phenolic OH excluding ortho intramolecular Hbond substituents is 1. The maximum atomic E-state index is 12.4. The van der Waals surface area contributed by atoms with Gasteiger partial charge in [-0.1, -0.05) is 23.2 Å². The van der Waals surface area contributed by atoms with E-state index in [0.29, 0.717) is 17.2 Å². The van der Waals surface area contributed by atoms with Gasteiger partial charge in [-0.15, -0.1) is 11.3 Å². The molecule has 0 unspecified atom stereocenters. The minimum Gasteiger partial charge on any atom is -0.505 e. The molecule has 132 valence electrons. The maximum absolute atomic E-state index is 12.4. The topological polar surface area (TPSA) is 92.4 Å². The summed E-state index contributed by atoms with van der Waals surface area (Å²) in [5, 5.41) is 12.6. The predicted molar refractivity (Wildman–Crippen MR) is 96.7 cm³/mol. The van der Waals surface area contributed by atoms with E-state index in [4.69, 9.17) is 27.6 Å². The van der Waals surface area contributed by atoms with Crippen LogP contribution in [0.3, 0.4) is 0 Å². The summed E-state index contributed by atoms with van der Waals surface area (Å²) in [7, 11) is -4.03. The lowest BCUT2D eigenvalue weighted by molar-refractivity contribution is 0.457. The van der Waals surface area contributed by atoms with Gasteiger partial charge >= 0.3 is 0 Å². The van der Waals surface area contributed by atoms with Crippen molar-refractivity contribution in [3.8, 4) is 17.2 Å². The lowest BCUT2D eigenvalue weighted by atomic mass is 10.3. The van der Waals surface area contributed by atoms with E-state index in [0.717, 1.165) is 11.1 Å². The summed E-state index contributed by atoms with van der Waals surface area (Å²) in [5.74, 6) is 0.390. The number of aromatic hydroxyl groups is 1. The fraction of sp³-hybridized carbons (Fsp3) is 0.133. The molecule has 0 saturated heterocycles. The number of aromatic nitrogens is 1. The van der Waals surface area contributed by atoms with Gasteiger partial charge in [0.05, 0.1) is 16.6 Å². The van der Waals surface area contributed by atoms with Crippen LogP contribution in [0, 0.1) is 6.92 Å². The molecule has 0 spiro atoms. The number of phenols is 1. The van der Waals surface area contributed by atoms with Crippen LogP contribution in [0.1, 0.15) is 10.8 Å². The maximum Gasteiger partial charge on any atom is 0.244 e. The monoisotopic (exact) mass is 418 g/mol. The molecule has 3 rings (SSSR count). The van der Waals surface area contributed by atoms with Crippen LogP contribution in [0.4, 0.5) is 0 Å². The Balaban J connectivity index is 1.78. The summed E-state index contributed by atoms with van der Waals surface area (Å²) < 4.78 is 32.7. The first-order valence-electron chi connectivity index (χ1n) is 6.95. The Labute approximate surface area is 158 Å². The van der Waals surface area contributed by atoms with Gasteiger partial charge in [0.15, 0.2) is 11.5 Å². The normalized spacial score (nSPS) is 11.8. The van der Waals surface area contributed by atoms with Gasteiger partial charge in [-0.2, -0.15) is 0 Å². The average molecular weight is 419 g/mol. The molecular weight excluding hydrogens is 407 g/mol. The number of sulfonamides is 1. The van der Waals surface area contributed by atoms with Crippen LogP contribution in [0.2, 0.25) is 10.0 Å². The lowest BCUT2D eigenvalue weighted by Crippen LogP contribution is -2.23. The van der Waals surface area contributed by atoms with Crippen LogP contribution in [0.5, 0.6) is 5.75 Å². The molecule has 0 atom stereocenters. The summed E-state index contributed by atoms with van der Waals surface area (Å²) in [4.78, 5) is 3.91. The SMILES string of the molecule is Cc1nc(-c2ccc(CNS(=O)(=O)c3cc(Cl)cc(Cl)c3O)o2)cs1. The molecule has 0 aliphatic carbocycles. The van der Waals surface area contributed by atoms with E-state index < -0.39 is 20.7 Å². The molecule has 10 heteroatoms. The molecule has 6 nitrogen and oxygen atoms in total. The zero-order valence-corrected chi connectivity index (χ0v) is 15.9. The van der Waals surface area contributed by atoms with E-state index in [2.05, 4.69) is 9.71 Å². The minimum atomic E-state index is -4.03. The number of aryl methyl sites for hydroxylation is 1. The molecule has 0 aliphatic heterocycles. The highest BCUT2D eigenvalue weighted by molar-refractivity contribution is 7.89. The first-order chi connectivity index (χ1) is 11.8. The van der Waals surface area contributed by atoms with E-state index in [1.807, 2.05) is 12.3 Å². The van der Waals surface area contributed by atoms with Crippen LogP contribution in [-0.4, -0.2) is 18.5 Å². The third kappa shape index (κ3) is 3.99. The first-order valence-corrected chi connectivity index (χ1v) is 10.1. The van der Waals surface area contributed by atoms with Crippen molar-refractivity contribution in [1.82, 2.24) is 9.71 Å². The van der Waals surface area contributed by atoms with Crippen molar-refractivity contribution in [3.05, 3.63) is 50.5 Å². The molecule has 0 radical (unpaired) electrons. The second-order valence-corrected chi connectivity index (χ2v) is 8.72. The summed E-state index contributed by atoms with van der Waals surface area (Å²) >= 11 is 13.1. The Morgan fingerprint density at radius 3 is 2.76 bits per heavy atom. The summed E-state index contributed by atoms with van der Waals surface area (Å²) in [6.45, 7) is 1.78. The van der Waals surface area contributed by atoms with E-state index in [1.54, 1.807) is 12.1 Å². The predicted octanol–water partition coefficient (Wildman–Crippen LogP) is 4.20. The van der Waals surface area contributed by atoms with Gasteiger partial charge in [0, 0.05) is 10.4 Å². The zero-order valence-electron chi connectivity index (χ0n) is 12.8. The molecule has 3 aromatic rings. The summed E-state index contributed by atoms with van der Waals surface area (Å²) in [6, 6.07) is 5.74. The highest BCUT2D eigenvalue weighted by Crippen LogP contribution is 2.34. The van der Waals surface area contributed by atoms with Crippen molar-refractivity contribution in [3.63, 3.8) is 0 Å². The van der Waals surface area contributed by atoms with Crippen molar-refractivity contribution < 1.29 is 17.9 Å². The number of halogens is 2. The lowest BCUT2D eigenvalue weighted by Gasteiger charge is -2.09. The molecule has 0 aliphatic rings. The Hall–Kier alpha value is -1.58. The van der Waals surface area contributed by atoms with Crippen LogP contribution in [0.15, 0.2) is 39.0 Å². The molecule has 1 aromatic carbocycles. The minimum absolute atomic E-state index is 0.0994. The number of nitrogens with one attached hydrogen (secondary N) is 1. The number of rotatable bonds is 5. The largest absolute Gasteiger partial charge is 0.505 e. The molecule has 2 heterocycles. The van der Waals surface area contributed by atoms with Gasteiger partial charge in [-0.3, -0.25) is 0 Å². The molecule has 2 N–H and O–H groups in total. The molecule has 25 heavy (non-hydrogen) atoms. The summed E-state index contributed by atoms with van der Waals surface area (Å²) in [5.41, 5.74) is 0.691. The standard InChI is InChI=1S/C15H12Cl2N2O4S2/c1-8-19-12(7-24-8)13-3-2-10(23-13)6-18-25(21,22)14-5-9(16)4-11(17)15(14)20/h2-5,7,18,20H,6H2,1H3. The zero-order chi connectivity index (χ0) is 18.2. The Morgan fingerprint density at radius 2 is 2.08 bits per heavy atom. The Bertz CT molecular complexity index is 1030. The molecule has 0 bridgehead atoms. The molecule has 2 aromatic heterocycles. The highest BCUT2D eigenvalue weighted by Gasteiger charge is 2.22. The van der Waals surface area contributed by atoms with Crippen LogP contribution in [0.25, 0.3) is 11.5 Å². The van der Waals surface area contributed by atoms with Gasteiger partial charge in [0.25, 0.3) is 0 Å². The quantitative estimate of drug-likeness (QED) is 0.647. The third-order valence-corrected chi connectivity index (χ3v) is 5.95. The first kappa shape index (κ1) is 18.2. The van der Waals surface area contributed by atoms with Gasteiger partial charge < -0.3 is 9.52 Å². The average Bonchev–Trinajstić information content (AvgIpc) is 3.17. The summed E-state index contributed by atoms with van der Waals surface area (Å²) in [6.07, 6.45) is 0. The van der Waals surface area contributed by atoms with Gasteiger partial charge in [-0.05, 0) is 31.2 Å². The van der Waals surface area contributed by atoms with E-state index in [9.17, 15) is 13.5 Å². The van der Waals surface area contributed by atoms with Crippen molar-refractivity contribution >= 4 is 44.6 Å². The van der Waals surface area contributed by atoms with E-state index in [1.165, 1.54) is 17.4 Å². The molecule has 0 fully saturated rings. The second kappa shape index (κ2) is 6.97. The fourth-order valence-electron chi connectivity index (χ4n) is 2.08. The molecular formula is C15H12Cl2N2O4S2. The van der Waals surface area contributed by atoms with Crippen molar-refractivity contribution in [2.45, 2.75) is 18.4 Å². The van der Waals surface area contributed by atoms with Gasteiger partial charge in [0.2, 0.25) is 10.0 Å². The van der Waals surface area contributed by atoms with Crippen LogP contribution in [-0.2, 0) is 16.6 Å². The van der Waals surface area contributed by atoms with Crippen molar-refractivity contribution in [1.29, 1.82) is 0 Å². The Morgan fingerprint density at radius 1 is 1.32 bits per heavy atom. The second-order valence-electron chi connectivity index (χ2n) is 5.08. The molecule has 0 amide bonds. The smallest absolute Gasteiger partial charge is 0.244 e. The number of thiazole rings is 1. The number of nitrogens with zero attached hydrogens (tertiary/aromatic N) is 1. The van der Waals surface area contributed by atoms with Crippen LogP contribution >= 0.6 is 34.5 Å². The third-order valence-electron chi connectivity index (χ3n) is 3.25. The van der Waals surface area contributed by atoms with Crippen molar-refractivity contribution in [2.24, 2.45) is 0 Å². The Kier molecular flexibility index (Phi) is 5.08. The van der Waals surface area contributed by atoms with Gasteiger partial charge in [0.1, 0.15) is 16.3 Å². The number of benzene rings is 1. The van der Waals surface area contributed by atoms with E-state index >= 15 is 0 Å².